The number of esters is 2. The van der Waals surface area contributed by atoms with E-state index in [4.69, 9.17) is 9.47 Å². The summed E-state index contributed by atoms with van der Waals surface area (Å²) in [5.74, 6) is -1.61. The molecule has 0 aromatic rings. The fourth-order valence-electron chi connectivity index (χ4n) is 3.21. The molecule has 2 atom stereocenters. The van der Waals surface area contributed by atoms with Crippen LogP contribution in [0.25, 0.3) is 0 Å². The summed E-state index contributed by atoms with van der Waals surface area (Å²) < 4.78 is 11.1. The van der Waals surface area contributed by atoms with Crippen molar-refractivity contribution in [2.45, 2.75) is 93.9 Å². The minimum atomic E-state index is -0.525. The number of carbonyl (C=O) groups excluding carboxylic acids is 2. The topological polar surface area (TPSA) is 52.6 Å². The molecule has 0 aromatic heterocycles. The number of ether oxygens (including phenoxy) is 2. The third kappa shape index (κ3) is 9.05. The van der Waals surface area contributed by atoms with Crippen molar-refractivity contribution in [3.63, 3.8) is 0 Å². The van der Waals surface area contributed by atoms with Crippen LogP contribution in [-0.2, 0) is 19.1 Å². The molecule has 0 saturated heterocycles. The highest BCUT2D eigenvalue weighted by molar-refractivity contribution is 5.83. The van der Waals surface area contributed by atoms with Gasteiger partial charge in [-0.05, 0) is 23.7 Å². The van der Waals surface area contributed by atoms with Gasteiger partial charge in [-0.25, -0.2) is 0 Å². The van der Waals surface area contributed by atoms with Gasteiger partial charge in [-0.15, -0.1) is 0 Å². The van der Waals surface area contributed by atoms with Crippen LogP contribution >= 0.6 is 0 Å². The summed E-state index contributed by atoms with van der Waals surface area (Å²) in [6.07, 6.45) is 5.96. The summed E-state index contributed by atoms with van der Waals surface area (Å²) in [4.78, 5) is 25.8. The average molecular weight is 371 g/mol. The summed E-state index contributed by atoms with van der Waals surface area (Å²) in [6, 6.07) is 0. The summed E-state index contributed by atoms with van der Waals surface area (Å²) >= 11 is 0. The van der Waals surface area contributed by atoms with Crippen molar-refractivity contribution in [1.82, 2.24) is 0 Å². The Morgan fingerprint density at radius 1 is 0.654 bits per heavy atom. The third-order valence-corrected chi connectivity index (χ3v) is 4.69. The van der Waals surface area contributed by atoms with E-state index in [1.165, 1.54) is 0 Å². The van der Waals surface area contributed by atoms with Crippen LogP contribution in [0.15, 0.2) is 0 Å². The van der Waals surface area contributed by atoms with Crippen LogP contribution in [0.4, 0.5) is 0 Å². The van der Waals surface area contributed by atoms with E-state index in [0.717, 1.165) is 38.5 Å². The van der Waals surface area contributed by atoms with Crippen molar-refractivity contribution < 1.29 is 19.1 Å². The van der Waals surface area contributed by atoms with Crippen LogP contribution < -0.4 is 0 Å². The number of rotatable bonds is 11. The first-order valence-electron chi connectivity index (χ1n) is 10.3. The van der Waals surface area contributed by atoms with Crippen LogP contribution in [0.2, 0.25) is 0 Å². The predicted molar refractivity (Wildman–Crippen MR) is 107 cm³/mol. The molecule has 4 nitrogen and oxygen atoms in total. The minimum Gasteiger partial charge on any atom is -0.465 e. The van der Waals surface area contributed by atoms with Gasteiger partial charge in [0, 0.05) is 0 Å². The van der Waals surface area contributed by atoms with Crippen molar-refractivity contribution in [1.29, 1.82) is 0 Å². The molecule has 0 radical (unpaired) electrons. The summed E-state index contributed by atoms with van der Waals surface area (Å²) in [6.45, 7) is 17.0. The number of carbonyl (C=O) groups is 2. The summed E-state index contributed by atoms with van der Waals surface area (Å²) in [5.41, 5.74) is -0.773. The molecule has 0 aliphatic carbocycles. The van der Waals surface area contributed by atoms with E-state index in [0.29, 0.717) is 13.2 Å². The summed E-state index contributed by atoms with van der Waals surface area (Å²) in [5, 5.41) is 0. The Morgan fingerprint density at radius 2 is 0.962 bits per heavy atom. The van der Waals surface area contributed by atoms with Crippen LogP contribution in [0.3, 0.4) is 0 Å². The number of hydrogen-bond acceptors (Lipinski definition) is 4. The van der Waals surface area contributed by atoms with Crippen LogP contribution in [0.1, 0.15) is 93.9 Å². The largest absolute Gasteiger partial charge is 0.465 e. The molecule has 0 rings (SSSR count). The molecule has 0 N–H and O–H groups in total. The van der Waals surface area contributed by atoms with Gasteiger partial charge in [0.05, 0.1) is 25.0 Å². The van der Waals surface area contributed by atoms with E-state index < -0.39 is 11.8 Å². The second kappa shape index (κ2) is 11.6. The minimum absolute atomic E-state index is 0.279. The fraction of sp³-hybridized carbons (Fsp3) is 0.909. The molecule has 2 unspecified atom stereocenters. The van der Waals surface area contributed by atoms with Gasteiger partial charge in [0.1, 0.15) is 0 Å². The van der Waals surface area contributed by atoms with E-state index in [-0.39, 0.29) is 22.8 Å². The predicted octanol–water partition coefficient (Wildman–Crippen LogP) is 5.78. The van der Waals surface area contributed by atoms with E-state index in [2.05, 4.69) is 13.8 Å². The lowest BCUT2D eigenvalue weighted by atomic mass is 9.64. The maximum Gasteiger partial charge on any atom is 0.310 e. The molecule has 0 bridgehead atoms. The maximum absolute atomic E-state index is 12.9. The van der Waals surface area contributed by atoms with Crippen LogP contribution in [0, 0.1) is 22.7 Å². The molecule has 0 heterocycles. The molecule has 0 aliphatic rings. The Hall–Kier alpha value is -1.06. The lowest BCUT2D eigenvalue weighted by Crippen LogP contribution is -2.46. The lowest BCUT2D eigenvalue weighted by molar-refractivity contribution is -0.171. The first kappa shape index (κ1) is 24.9. The molecule has 0 spiro atoms. The van der Waals surface area contributed by atoms with E-state index in [9.17, 15) is 9.59 Å². The Kier molecular flexibility index (Phi) is 11.1. The Bertz CT molecular complexity index is 375. The van der Waals surface area contributed by atoms with Gasteiger partial charge < -0.3 is 9.47 Å². The summed E-state index contributed by atoms with van der Waals surface area (Å²) in [7, 11) is 0. The quantitative estimate of drug-likeness (QED) is 0.342. The zero-order valence-electron chi connectivity index (χ0n) is 18.4. The molecule has 0 amide bonds. The zero-order valence-corrected chi connectivity index (χ0v) is 18.4. The fourth-order valence-corrected chi connectivity index (χ4v) is 3.21. The number of unbranched alkanes of at least 4 members (excludes halogenated alkanes) is 4. The lowest BCUT2D eigenvalue weighted by Gasteiger charge is -2.40. The van der Waals surface area contributed by atoms with Crippen molar-refractivity contribution in [3.8, 4) is 0 Å². The van der Waals surface area contributed by atoms with Gasteiger partial charge in [-0.2, -0.15) is 0 Å². The van der Waals surface area contributed by atoms with Crippen LogP contribution in [0.5, 0.6) is 0 Å². The first-order chi connectivity index (χ1) is 12.0. The van der Waals surface area contributed by atoms with Gasteiger partial charge in [0.25, 0.3) is 0 Å². The molecule has 0 aliphatic heterocycles. The third-order valence-electron chi connectivity index (χ3n) is 4.69. The molecule has 4 heteroatoms. The first-order valence-corrected chi connectivity index (χ1v) is 10.3. The molecule has 0 saturated carbocycles. The normalized spacial score (nSPS) is 14.6. The van der Waals surface area contributed by atoms with Gasteiger partial charge in [-0.3, -0.25) is 9.59 Å². The standard InChI is InChI=1S/C22H42O4/c1-9-11-13-15-25-19(23)17(21(3,4)5)18(22(6,7)8)20(24)26-16-14-12-10-2/h17-18H,9-16H2,1-8H3. The smallest absolute Gasteiger partial charge is 0.310 e. The molecule has 154 valence electrons. The van der Waals surface area contributed by atoms with Crippen molar-refractivity contribution >= 4 is 11.9 Å². The Labute approximate surface area is 161 Å². The van der Waals surface area contributed by atoms with Gasteiger partial charge in [-0.1, -0.05) is 81.1 Å². The molecular formula is C22H42O4. The van der Waals surface area contributed by atoms with E-state index >= 15 is 0 Å². The SMILES string of the molecule is CCCCCOC(=O)C(C(C(=O)OCCCCC)C(C)(C)C)C(C)(C)C. The molecule has 26 heavy (non-hydrogen) atoms. The molecule has 0 aromatic carbocycles. The monoisotopic (exact) mass is 370 g/mol. The highest BCUT2D eigenvalue weighted by atomic mass is 16.5. The van der Waals surface area contributed by atoms with E-state index in [1.54, 1.807) is 0 Å². The second-order valence-corrected chi connectivity index (χ2v) is 9.44. The highest BCUT2D eigenvalue weighted by Crippen LogP contribution is 2.43. The van der Waals surface area contributed by atoms with Gasteiger partial charge in [0.15, 0.2) is 0 Å². The zero-order chi connectivity index (χ0) is 20.4. The highest BCUT2D eigenvalue weighted by Gasteiger charge is 2.48. The van der Waals surface area contributed by atoms with Crippen LogP contribution in [-0.4, -0.2) is 25.2 Å². The van der Waals surface area contributed by atoms with Gasteiger partial charge >= 0.3 is 11.9 Å². The van der Waals surface area contributed by atoms with Crippen molar-refractivity contribution in [3.05, 3.63) is 0 Å². The van der Waals surface area contributed by atoms with Gasteiger partial charge in [0.2, 0.25) is 0 Å². The maximum atomic E-state index is 12.9. The number of hydrogen-bond donors (Lipinski definition) is 0. The van der Waals surface area contributed by atoms with E-state index in [1.807, 2.05) is 41.5 Å². The Morgan fingerprint density at radius 3 is 1.19 bits per heavy atom. The van der Waals surface area contributed by atoms with Crippen molar-refractivity contribution in [2.75, 3.05) is 13.2 Å². The Balaban J connectivity index is 5.31. The molecule has 0 fully saturated rings. The second-order valence-electron chi connectivity index (χ2n) is 9.44. The van der Waals surface area contributed by atoms with Crippen molar-refractivity contribution in [2.24, 2.45) is 22.7 Å². The average Bonchev–Trinajstić information content (AvgIpc) is 2.50. The molecular weight excluding hydrogens is 328 g/mol.